The van der Waals surface area contributed by atoms with E-state index in [1.165, 1.54) is 16.4 Å². The number of nitrogens with zero attached hydrogens (tertiary/aromatic N) is 2. The van der Waals surface area contributed by atoms with Crippen LogP contribution < -0.4 is 0 Å². The minimum absolute atomic E-state index is 0.180. The third kappa shape index (κ3) is 3.09. The summed E-state index contributed by atoms with van der Waals surface area (Å²) in [6.07, 6.45) is 0. The molecule has 1 N–H and O–H groups in total. The van der Waals surface area contributed by atoms with Gasteiger partial charge in [0, 0.05) is 31.2 Å². The summed E-state index contributed by atoms with van der Waals surface area (Å²) in [6, 6.07) is 4.44. The SMILES string of the molecule is CN1CCN(S(=O)(=O)c2ccc(CO)c(Cl)c2)CC1. The first kappa shape index (κ1) is 14.7. The van der Waals surface area contributed by atoms with Crippen LogP contribution in [0.25, 0.3) is 0 Å². The van der Waals surface area contributed by atoms with Gasteiger partial charge in [-0.1, -0.05) is 17.7 Å². The maximum atomic E-state index is 12.4. The Kier molecular flexibility index (Phi) is 4.47. The van der Waals surface area contributed by atoms with Crippen molar-refractivity contribution in [3.8, 4) is 0 Å². The molecule has 2 rings (SSSR count). The van der Waals surface area contributed by atoms with E-state index in [1.807, 2.05) is 7.05 Å². The van der Waals surface area contributed by atoms with E-state index < -0.39 is 10.0 Å². The van der Waals surface area contributed by atoms with Crippen molar-refractivity contribution in [2.45, 2.75) is 11.5 Å². The zero-order chi connectivity index (χ0) is 14.0. The van der Waals surface area contributed by atoms with Crippen molar-refractivity contribution in [2.24, 2.45) is 0 Å². The second-order valence-electron chi connectivity index (χ2n) is 4.62. The van der Waals surface area contributed by atoms with Crippen LogP contribution in [0, 0.1) is 0 Å². The maximum absolute atomic E-state index is 12.4. The Morgan fingerprint density at radius 3 is 2.42 bits per heavy atom. The van der Waals surface area contributed by atoms with Crippen molar-refractivity contribution < 1.29 is 13.5 Å². The third-order valence-corrected chi connectivity index (χ3v) is 5.54. The summed E-state index contributed by atoms with van der Waals surface area (Å²) in [4.78, 5) is 2.27. The number of benzene rings is 1. The predicted octanol–water partition coefficient (Wildman–Crippen LogP) is 0.768. The predicted molar refractivity (Wildman–Crippen MR) is 73.6 cm³/mol. The number of rotatable bonds is 3. The summed E-state index contributed by atoms with van der Waals surface area (Å²) >= 11 is 5.95. The Morgan fingerprint density at radius 2 is 1.89 bits per heavy atom. The van der Waals surface area contributed by atoms with E-state index in [-0.39, 0.29) is 16.5 Å². The topological polar surface area (TPSA) is 60.9 Å². The smallest absolute Gasteiger partial charge is 0.243 e. The van der Waals surface area contributed by atoms with Crippen molar-refractivity contribution in [3.63, 3.8) is 0 Å². The van der Waals surface area contributed by atoms with Crippen LogP contribution in [0.5, 0.6) is 0 Å². The molecule has 1 aromatic carbocycles. The van der Waals surface area contributed by atoms with Gasteiger partial charge < -0.3 is 10.0 Å². The third-order valence-electron chi connectivity index (χ3n) is 3.29. The van der Waals surface area contributed by atoms with Crippen LogP contribution in [0.15, 0.2) is 23.1 Å². The van der Waals surface area contributed by atoms with E-state index in [4.69, 9.17) is 16.7 Å². The zero-order valence-corrected chi connectivity index (χ0v) is 12.3. The summed E-state index contributed by atoms with van der Waals surface area (Å²) in [6.45, 7) is 2.22. The quantitative estimate of drug-likeness (QED) is 0.896. The average Bonchev–Trinajstić information content (AvgIpc) is 2.39. The Balaban J connectivity index is 2.27. The van der Waals surface area contributed by atoms with Crippen molar-refractivity contribution in [1.82, 2.24) is 9.21 Å². The fourth-order valence-electron chi connectivity index (χ4n) is 1.99. The molecule has 0 aliphatic carbocycles. The van der Waals surface area contributed by atoms with Gasteiger partial charge in [0.25, 0.3) is 0 Å². The molecule has 0 radical (unpaired) electrons. The van der Waals surface area contributed by atoms with Gasteiger partial charge in [-0.3, -0.25) is 0 Å². The van der Waals surface area contributed by atoms with Gasteiger partial charge in [0.1, 0.15) is 0 Å². The minimum atomic E-state index is -3.49. The molecule has 0 amide bonds. The van der Waals surface area contributed by atoms with Gasteiger partial charge in [-0.15, -0.1) is 0 Å². The molecular formula is C12H17ClN2O3S. The van der Waals surface area contributed by atoms with E-state index in [9.17, 15) is 8.42 Å². The molecule has 1 aromatic rings. The van der Waals surface area contributed by atoms with E-state index in [1.54, 1.807) is 6.07 Å². The molecule has 7 heteroatoms. The van der Waals surface area contributed by atoms with E-state index >= 15 is 0 Å². The molecule has 0 bridgehead atoms. The molecule has 1 fully saturated rings. The number of aliphatic hydroxyl groups is 1. The normalized spacial score (nSPS) is 18.7. The van der Waals surface area contributed by atoms with Crippen LogP contribution in [0.3, 0.4) is 0 Å². The van der Waals surface area contributed by atoms with Gasteiger partial charge in [-0.25, -0.2) is 8.42 Å². The number of hydrogen-bond acceptors (Lipinski definition) is 4. The first-order valence-corrected chi connectivity index (χ1v) is 7.85. The molecule has 0 atom stereocenters. The summed E-state index contributed by atoms with van der Waals surface area (Å²) in [7, 11) is -1.52. The summed E-state index contributed by atoms with van der Waals surface area (Å²) in [5.74, 6) is 0. The Hall–Kier alpha value is -0.660. The molecule has 0 saturated carbocycles. The Labute approximate surface area is 118 Å². The zero-order valence-electron chi connectivity index (χ0n) is 10.7. The highest BCUT2D eigenvalue weighted by atomic mass is 35.5. The maximum Gasteiger partial charge on any atom is 0.243 e. The lowest BCUT2D eigenvalue weighted by atomic mass is 10.2. The van der Waals surface area contributed by atoms with Gasteiger partial charge in [-0.05, 0) is 24.7 Å². The minimum Gasteiger partial charge on any atom is -0.392 e. The van der Waals surface area contributed by atoms with E-state index in [2.05, 4.69) is 4.90 Å². The lowest BCUT2D eigenvalue weighted by Gasteiger charge is -2.31. The van der Waals surface area contributed by atoms with Gasteiger partial charge in [-0.2, -0.15) is 4.31 Å². The summed E-state index contributed by atoms with van der Waals surface area (Å²) in [5, 5.41) is 9.32. The van der Waals surface area contributed by atoms with Crippen LogP contribution in [0.1, 0.15) is 5.56 Å². The number of halogens is 1. The molecule has 19 heavy (non-hydrogen) atoms. The molecular weight excluding hydrogens is 288 g/mol. The van der Waals surface area contributed by atoms with E-state index in [0.29, 0.717) is 18.7 Å². The first-order valence-electron chi connectivity index (χ1n) is 6.03. The van der Waals surface area contributed by atoms with Crippen LogP contribution >= 0.6 is 11.6 Å². The van der Waals surface area contributed by atoms with Crippen LogP contribution in [0.2, 0.25) is 5.02 Å². The van der Waals surface area contributed by atoms with Crippen molar-refractivity contribution in [2.75, 3.05) is 33.2 Å². The fourth-order valence-corrected chi connectivity index (χ4v) is 3.75. The monoisotopic (exact) mass is 304 g/mol. The molecule has 1 heterocycles. The highest BCUT2D eigenvalue weighted by Gasteiger charge is 2.27. The second-order valence-corrected chi connectivity index (χ2v) is 6.96. The molecule has 5 nitrogen and oxygen atoms in total. The van der Waals surface area contributed by atoms with Crippen LogP contribution in [-0.4, -0.2) is 56.0 Å². The van der Waals surface area contributed by atoms with Crippen molar-refractivity contribution in [1.29, 1.82) is 0 Å². The molecule has 1 aliphatic heterocycles. The molecule has 106 valence electrons. The highest BCUT2D eigenvalue weighted by Crippen LogP contribution is 2.24. The first-order chi connectivity index (χ1) is 8.95. The van der Waals surface area contributed by atoms with Crippen LogP contribution in [0.4, 0.5) is 0 Å². The van der Waals surface area contributed by atoms with Crippen molar-refractivity contribution >= 4 is 21.6 Å². The van der Waals surface area contributed by atoms with Gasteiger partial charge >= 0.3 is 0 Å². The van der Waals surface area contributed by atoms with Gasteiger partial charge in [0.05, 0.1) is 11.5 Å². The fraction of sp³-hybridized carbons (Fsp3) is 0.500. The number of sulfonamides is 1. The van der Waals surface area contributed by atoms with Crippen LogP contribution in [-0.2, 0) is 16.6 Å². The number of likely N-dealkylation sites (N-methyl/N-ethyl adjacent to an activating group) is 1. The van der Waals surface area contributed by atoms with E-state index in [0.717, 1.165) is 13.1 Å². The number of hydrogen-bond donors (Lipinski definition) is 1. The Morgan fingerprint density at radius 1 is 1.26 bits per heavy atom. The standard InChI is InChI=1S/C12H17ClN2O3S/c1-14-4-6-15(7-5-14)19(17,18)11-3-2-10(9-16)12(13)8-11/h2-3,8,16H,4-7,9H2,1H3. The van der Waals surface area contributed by atoms with Crippen molar-refractivity contribution in [3.05, 3.63) is 28.8 Å². The highest BCUT2D eigenvalue weighted by molar-refractivity contribution is 7.89. The molecule has 0 unspecified atom stereocenters. The number of aliphatic hydroxyl groups excluding tert-OH is 1. The summed E-state index contributed by atoms with van der Waals surface area (Å²) in [5.41, 5.74) is 0.527. The molecule has 1 aliphatic rings. The number of piperazine rings is 1. The Bertz CT molecular complexity index is 554. The van der Waals surface area contributed by atoms with Gasteiger partial charge in [0.2, 0.25) is 10.0 Å². The van der Waals surface area contributed by atoms with Gasteiger partial charge in [0.15, 0.2) is 0 Å². The second kappa shape index (κ2) is 5.76. The molecule has 0 aromatic heterocycles. The lowest BCUT2D eigenvalue weighted by Crippen LogP contribution is -2.47. The lowest BCUT2D eigenvalue weighted by molar-refractivity contribution is 0.222. The summed E-state index contributed by atoms with van der Waals surface area (Å²) < 4.78 is 26.3. The average molecular weight is 305 g/mol. The largest absolute Gasteiger partial charge is 0.392 e. The molecule has 1 saturated heterocycles. The molecule has 0 spiro atoms.